The van der Waals surface area contributed by atoms with Crippen molar-refractivity contribution >= 4 is 23.6 Å². The molecule has 8 nitrogen and oxygen atoms in total. The summed E-state index contributed by atoms with van der Waals surface area (Å²) in [5, 5.41) is 8.04. The first kappa shape index (κ1) is 24.1. The molecule has 0 unspecified atom stereocenters. The number of aromatic nitrogens is 5. The lowest BCUT2D eigenvalue weighted by Gasteiger charge is -2.32. The summed E-state index contributed by atoms with van der Waals surface area (Å²) in [4.78, 5) is 4.86. The maximum Gasteiger partial charge on any atom is 0.494 e. The van der Waals surface area contributed by atoms with Crippen molar-refractivity contribution in [2.24, 2.45) is 7.05 Å². The predicted octanol–water partition coefficient (Wildman–Crippen LogP) is 4.27. The maximum absolute atomic E-state index is 13.5. The highest BCUT2D eigenvalue weighted by Gasteiger charge is 2.51. The molecule has 6 rings (SSSR count). The van der Waals surface area contributed by atoms with Crippen LogP contribution in [-0.2, 0) is 22.8 Å². The van der Waals surface area contributed by atoms with E-state index < -0.39 is 24.9 Å². The van der Waals surface area contributed by atoms with Gasteiger partial charge >= 0.3 is 13.7 Å². The summed E-state index contributed by atoms with van der Waals surface area (Å²) < 4.78 is 48.3. The molecule has 0 saturated carbocycles. The molecule has 0 aliphatic carbocycles. The molecule has 4 heterocycles. The molecular formula is C26H28BF2N5O3. The number of rotatable bonds is 5. The molecule has 1 atom stereocenters. The van der Waals surface area contributed by atoms with Crippen LogP contribution in [0.4, 0.5) is 8.78 Å². The quantitative estimate of drug-likeness (QED) is 0.376. The summed E-state index contributed by atoms with van der Waals surface area (Å²) in [5.74, 6) is 1.03. The highest BCUT2D eigenvalue weighted by Crippen LogP contribution is 2.44. The van der Waals surface area contributed by atoms with Crippen molar-refractivity contribution in [3.63, 3.8) is 0 Å². The van der Waals surface area contributed by atoms with Gasteiger partial charge in [0.05, 0.1) is 40.2 Å². The van der Waals surface area contributed by atoms with Crippen LogP contribution in [0, 0.1) is 0 Å². The molecular weight excluding hydrogens is 479 g/mol. The van der Waals surface area contributed by atoms with Crippen molar-refractivity contribution in [2.45, 2.75) is 64.4 Å². The van der Waals surface area contributed by atoms with Gasteiger partial charge in [0, 0.05) is 24.6 Å². The van der Waals surface area contributed by atoms with Crippen LogP contribution in [0.15, 0.2) is 42.6 Å². The zero-order valence-corrected chi connectivity index (χ0v) is 21.4. The standard InChI is InChI=1S/C26H28BF2N5O3/c1-25(2)26(3,4)37-27(36-25)15-9-10-17-19(13-15)34-18(11-12-22(34)31-17)23-16(20-14-30-32-33(20)5)7-6-8-21(23)35-24(28)29/h6-10,13-14,18,24H,11-12H2,1-5H3/t18-/m1/s1. The Hall–Kier alpha value is -3.31. The third-order valence-electron chi connectivity index (χ3n) is 7.87. The Morgan fingerprint density at radius 1 is 1.11 bits per heavy atom. The van der Waals surface area contributed by atoms with Gasteiger partial charge in [-0.1, -0.05) is 23.4 Å². The fraction of sp³-hybridized carbons (Fsp3) is 0.423. The fourth-order valence-electron chi connectivity index (χ4n) is 5.32. The van der Waals surface area contributed by atoms with E-state index in [1.807, 2.05) is 52.0 Å². The number of nitrogens with zero attached hydrogens (tertiary/aromatic N) is 5. The first-order valence-corrected chi connectivity index (χ1v) is 12.3. The summed E-state index contributed by atoms with van der Waals surface area (Å²) >= 11 is 0. The van der Waals surface area contributed by atoms with Crippen LogP contribution in [-0.4, -0.2) is 49.5 Å². The third kappa shape index (κ3) is 3.83. The molecule has 0 bridgehead atoms. The van der Waals surface area contributed by atoms with Crippen LogP contribution < -0.4 is 10.2 Å². The minimum atomic E-state index is -2.95. The average molecular weight is 507 g/mol. The molecule has 0 amide bonds. The van der Waals surface area contributed by atoms with Crippen LogP contribution in [0.2, 0.25) is 0 Å². The van der Waals surface area contributed by atoms with Crippen molar-refractivity contribution in [3.05, 3.63) is 54.0 Å². The summed E-state index contributed by atoms with van der Waals surface area (Å²) in [7, 11) is 1.25. The number of fused-ring (bicyclic) bond motifs is 3. The van der Waals surface area contributed by atoms with Crippen molar-refractivity contribution in [3.8, 4) is 17.0 Å². The zero-order valence-electron chi connectivity index (χ0n) is 21.4. The van der Waals surface area contributed by atoms with Gasteiger partial charge in [-0.15, -0.1) is 5.10 Å². The lowest BCUT2D eigenvalue weighted by molar-refractivity contribution is -0.0506. The normalized spacial score (nSPS) is 20.2. The number of alkyl halides is 2. The van der Waals surface area contributed by atoms with E-state index in [0.717, 1.165) is 27.9 Å². The van der Waals surface area contributed by atoms with Crippen LogP contribution in [0.5, 0.6) is 5.75 Å². The molecule has 1 saturated heterocycles. The van der Waals surface area contributed by atoms with Gasteiger partial charge in [0.15, 0.2) is 0 Å². The van der Waals surface area contributed by atoms with E-state index in [0.29, 0.717) is 24.1 Å². The molecule has 0 spiro atoms. The van der Waals surface area contributed by atoms with Gasteiger partial charge in [0.25, 0.3) is 0 Å². The van der Waals surface area contributed by atoms with Gasteiger partial charge in [0.1, 0.15) is 11.6 Å². The van der Waals surface area contributed by atoms with Gasteiger partial charge in [-0.25, -0.2) is 9.67 Å². The summed E-state index contributed by atoms with van der Waals surface area (Å²) in [6, 6.07) is 10.9. The Morgan fingerprint density at radius 2 is 1.86 bits per heavy atom. The molecule has 0 radical (unpaired) electrons. The van der Waals surface area contributed by atoms with E-state index in [4.69, 9.17) is 19.0 Å². The second kappa shape index (κ2) is 8.36. The van der Waals surface area contributed by atoms with Crippen molar-refractivity contribution < 1.29 is 22.8 Å². The monoisotopic (exact) mass is 507 g/mol. The maximum atomic E-state index is 13.5. The number of ether oxygens (including phenoxy) is 1. The number of hydrogen-bond acceptors (Lipinski definition) is 6. The minimum absolute atomic E-state index is 0.135. The second-order valence-corrected chi connectivity index (χ2v) is 10.6. The topological polar surface area (TPSA) is 76.2 Å². The van der Waals surface area contributed by atoms with Crippen molar-refractivity contribution in [1.82, 2.24) is 24.5 Å². The van der Waals surface area contributed by atoms with Crippen LogP contribution in [0.25, 0.3) is 22.3 Å². The SMILES string of the molecule is Cn1nncc1-c1cccc(OC(F)F)c1[C@H]1CCc2nc3ccc(B4OC(C)(C)C(C)(C)O4)cc3n21. The second-order valence-electron chi connectivity index (χ2n) is 10.6. The molecule has 2 aromatic heterocycles. The Morgan fingerprint density at radius 3 is 2.54 bits per heavy atom. The van der Waals surface area contributed by atoms with Gasteiger partial charge < -0.3 is 18.6 Å². The molecule has 11 heteroatoms. The smallest absolute Gasteiger partial charge is 0.434 e. The van der Waals surface area contributed by atoms with Crippen LogP contribution in [0.1, 0.15) is 51.5 Å². The molecule has 4 aromatic rings. The van der Waals surface area contributed by atoms with Gasteiger partial charge in [0.2, 0.25) is 0 Å². The van der Waals surface area contributed by atoms with Crippen LogP contribution >= 0.6 is 0 Å². The van der Waals surface area contributed by atoms with Gasteiger partial charge in [-0.05, 0) is 57.8 Å². The Bertz CT molecular complexity index is 1480. The molecule has 37 heavy (non-hydrogen) atoms. The van der Waals surface area contributed by atoms with Crippen molar-refractivity contribution in [1.29, 1.82) is 0 Å². The fourth-order valence-corrected chi connectivity index (χ4v) is 5.32. The lowest BCUT2D eigenvalue weighted by Crippen LogP contribution is -2.41. The van der Waals surface area contributed by atoms with E-state index in [1.54, 1.807) is 30.1 Å². The predicted molar refractivity (Wildman–Crippen MR) is 135 cm³/mol. The highest BCUT2D eigenvalue weighted by molar-refractivity contribution is 6.62. The minimum Gasteiger partial charge on any atom is -0.434 e. The molecule has 2 aliphatic heterocycles. The number of hydrogen-bond donors (Lipinski definition) is 0. The number of aryl methyl sites for hydroxylation is 2. The first-order chi connectivity index (χ1) is 17.6. The molecule has 192 valence electrons. The van der Waals surface area contributed by atoms with Gasteiger partial charge in [-0.2, -0.15) is 8.78 Å². The van der Waals surface area contributed by atoms with E-state index in [1.165, 1.54) is 0 Å². The number of imidazole rings is 1. The van der Waals surface area contributed by atoms with Gasteiger partial charge in [-0.3, -0.25) is 0 Å². The van der Waals surface area contributed by atoms with E-state index in [2.05, 4.69) is 14.9 Å². The molecule has 0 N–H and O–H groups in total. The molecule has 2 aromatic carbocycles. The number of benzene rings is 2. The van der Waals surface area contributed by atoms with E-state index in [9.17, 15) is 8.78 Å². The average Bonchev–Trinajstić information content (AvgIpc) is 3.56. The molecule has 2 aliphatic rings. The largest absolute Gasteiger partial charge is 0.494 e. The Balaban J connectivity index is 1.49. The first-order valence-electron chi connectivity index (χ1n) is 12.3. The Kier molecular flexibility index (Phi) is 5.43. The summed E-state index contributed by atoms with van der Waals surface area (Å²) in [6.07, 6.45) is 3.03. The van der Waals surface area contributed by atoms with E-state index in [-0.39, 0.29) is 11.8 Å². The molecule has 1 fully saturated rings. The zero-order chi connectivity index (χ0) is 26.1. The highest BCUT2D eigenvalue weighted by atomic mass is 19.3. The lowest BCUT2D eigenvalue weighted by atomic mass is 9.79. The Labute approximate surface area is 213 Å². The third-order valence-corrected chi connectivity index (χ3v) is 7.87. The summed E-state index contributed by atoms with van der Waals surface area (Å²) in [5.41, 5.74) is 3.79. The van der Waals surface area contributed by atoms with Crippen LogP contribution in [0.3, 0.4) is 0 Å². The number of halogens is 2. The van der Waals surface area contributed by atoms with E-state index >= 15 is 0 Å². The van der Waals surface area contributed by atoms with Crippen molar-refractivity contribution in [2.75, 3.05) is 0 Å². The summed E-state index contributed by atoms with van der Waals surface area (Å²) in [6.45, 7) is 5.13.